The number of unbranched alkanes of at least 4 members (excludes halogenated alkanes) is 2. The zero-order valence-corrected chi connectivity index (χ0v) is 17.0. The molecule has 0 aliphatic carbocycles. The van der Waals surface area contributed by atoms with Crippen LogP contribution in [0.4, 0.5) is 0 Å². The lowest BCUT2D eigenvalue weighted by Crippen LogP contribution is -2.29. The second kappa shape index (κ2) is 9.43. The maximum absolute atomic E-state index is 12.5. The van der Waals surface area contributed by atoms with E-state index in [0.717, 1.165) is 37.0 Å². The van der Waals surface area contributed by atoms with Crippen LogP contribution in [-0.2, 0) is 9.53 Å². The third-order valence-electron chi connectivity index (χ3n) is 4.17. The van der Waals surface area contributed by atoms with Gasteiger partial charge in [0, 0.05) is 5.69 Å². The molecule has 1 aromatic rings. The number of rotatable bonds is 9. The normalized spacial score (nSPS) is 21.9. The summed E-state index contributed by atoms with van der Waals surface area (Å²) in [6.07, 6.45) is 3.08. The van der Waals surface area contributed by atoms with Crippen molar-refractivity contribution in [1.29, 1.82) is 0 Å². The number of nitrogens with zero attached hydrogens (tertiary/aromatic N) is 1. The van der Waals surface area contributed by atoms with Crippen molar-refractivity contribution in [2.75, 3.05) is 0 Å². The molecule has 4 N–H and O–H groups in total. The Morgan fingerprint density at radius 2 is 2.11 bits per heavy atom. The Balaban J connectivity index is 2.28. The van der Waals surface area contributed by atoms with Crippen LogP contribution in [0.5, 0.6) is 0 Å². The minimum Gasteiger partial charge on any atom is -0.481 e. The molecule has 0 saturated carbocycles. The third kappa shape index (κ3) is 5.36. The number of aromatic nitrogens is 1. The fourth-order valence-corrected chi connectivity index (χ4v) is 5.28. The molecule has 0 spiro atoms. The van der Waals surface area contributed by atoms with Gasteiger partial charge in [-0.15, -0.1) is 11.8 Å². The zero-order valence-electron chi connectivity index (χ0n) is 15.4. The van der Waals surface area contributed by atoms with Gasteiger partial charge in [0.15, 0.2) is 6.23 Å². The summed E-state index contributed by atoms with van der Waals surface area (Å²) in [6, 6.07) is 0. The Morgan fingerprint density at radius 3 is 2.70 bits per heavy atom. The van der Waals surface area contributed by atoms with E-state index in [-0.39, 0.29) is 27.4 Å². The van der Waals surface area contributed by atoms with E-state index < -0.39 is 23.4 Å². The van der Waals surface area contributed by atoms with E-state index in [9.17, 15) is 19.5 Å². The number of carbonyl (C=O) groups excluding carboxylic acids is 1. The quantitative estimate of drug-likeness (QED) is 0.529. The molecular formula is C17H25N3O5S2. The Labute approximate surface area is 165 Å². The van der Waals surface area contributed by atoms with Crippen molar-refractivity contribution >= 4 is 35.0 Å². The van der Waals surface area contributed by atoms with Gasteiger partial charge in [-0.1, -0.05) is 44.1 Å². The van der Waals surface area contributed by atoms with Crippen LogP contribution in [-0.4, -0.2) is 32.2 Å². The highest BCUT2D eigenvalue weighted by Crippen LogP contribution is 2.43. The molecule has 27 heavy (non-hydrogen) atoms. The highest BCUT2D eigenvalue weighted by Gasteiger charge is 2.40. The Bertz CT molecular complexity index is 773. The maximum Gasteiger partial charge on any atom is 0.310 e. The lowest BCUT2D eigenvalue weighted by Gasteiger charge is -2.19. The predicted octanol–water partition coefficient (Wildman–Crippen LogP) is 2.39. The lowest BCUT2D eigenvalue weighted by molar-refractivity contribution is -0.137. The van der Waals surface area contributed by atoms with Gasteiger partial charge in [0.25, 0.3) is 5.91 Å². The largest absolute Gasteiger partial charge is 0.481 e. The lowest BCUT2D eigenvalue weighted by atomic mass is 10.2. The number of carboxylic acid groups (broad SMARTS) is 1. The first kappa shape index (κ1) is 21.5. The number of amides is 1. The van der Waals surface area contributed by atoms with Crippen molar-refractivity contribution in [3.8, 4) is 0 Å². The van der Waals surface area contributed by atoms with Crippen LogP contribution < -0.4 is 15.9 Å². The molecule has 1 aliphatic rings. The number of thioether (sulfide) groups is 1. The molecule has 0 radical (unpaired) electrons. The summed E-state index contributed by atoms with van der Waals surface area (Å²) in [5.74, 6) is -1.48. The highest BCUT2D eigenvalue weighted by molar-refractivity contribution is 8.00. The average Bonchev–Trinajstić information content (AvgIpc) is 3.07. The van der Waals surface area contributed by atoms with E-state index in [4.69, 9.17) is 10.5 Å². The molecule has 1 aromatic heterocycles. The SMILES string of the molecule is C=C(N)NC(=O)c1sc(=O)n(C2OC(CCCCC)SC2CC(=O)O)c1C. The summed E-state index contributed by atoms with van der Waals surface area (Å²) in [4.78, 5) is 35.9. The number of carbonyl (C=O) groups is 2. The summed E-state index contributed by atoms with van der Waals surface area (Å²) in [7, 11) is 0. The monoisotopic (exact) mass is 415 g/mol. The fourth-order valence-electron chi connectivity index (χ4n) is 2.95. The molecule has 1 saturated heterocycles. The number of nitrogens with one attached hydrogen (secondary N) is 1. The molecule has 3 unspecified atom stereocenters. The summed E-state index contributed by atoms with van der Waals surface area (Å²) < 4.78 is 7.43. The third-order valence-corrected chi connectivity index (χ3v) is 6.62. The van der Waals surface area contributed by atoms with Crippen LogP contribution in [0.2, 0.25) is 0 Å². The van der Waals surface area contributed by atoms with Crippen LogP contribution in [0, 0.1) is 6.92 Å². The van der Waals surface area contributed by atoms with Crippen LogP contribution in [0.1, 0.15) is 60.6 Å². The number of thiazole rings is 1. The van der Waals surface area contributed by atoms with Gasteiger partial charge in [-0.25, -0.2) is 0 Å². The Hall–Kier alpha value is -1.78. The molecule has 8 nitrogen and oxygen atoms in total. The number of carboxylic acids is 1. The van der Waals surface area contributed by atoms with Gasteiger partial charge >= 0.3 is 10.8 Å². The second-order valence-corrected chi connectivity index (χ2v) is 8.72. The minimum atomic E-state index is -0.950. The van der Waals surface area contributed by atoms with Crippen LogP contribution in [0.15, 0.2) is 17.2 Å². The standard InChI is InChI=1S/C17H25N3O5S2/c1-4-5-6-7-13-25-16(11(26-13)8-12(21)22)20-9(2)14(27-17(20)24)15(23)19-10(3)18/h11,13,16H,3-8,18H2,1-2H3,(H,19,23)(H,21,22). The first-order chi connectivity index (χ1) is 12.7. The summed E-state index contributed by atoms with van der Waals surface area (Å²) in [5, 5.41) is 11.2. The summed E-state index contributed by atoms with van der Waals surface area (Å²) in [6.45, 7) is 7.17. The predicted molar refractivity (Wildman–Crippen MR) is 106 cm³/mol. The van der Waals surface area contributed by atoms with Crippen molar-refractivity contribution in [2.45, 2.75) is 62.9 Å². The smallest absolute Gasteiger partial charge is 0.310 e. The minimum absolute atomic E-state index is 0.0146. The zero-order chi connectivity index (χ0) is 20.1. The van der Waals surface area contributed by atoms with Gasteiger partial charge in [-0.3, -0.25) is 19.0 Å². The molecule has 2 rings (SSSR count). The number of nitrogens with two attached hydrogens (primary N) is 1. The first-order valence-corrected chi connectivity index (χ1v) is 10.5. The van der Waals surface area contributed by atoms with Crippen LogP contribution >= 0.6 is 23.1 Å². The van der Waals surface area contributed by atoms with E-state index in [0.29, 0.717) is 5.69 Å². The molecule has 3 atom stereocenters. The van der Waals surface area contributed by atoms with Crippen LogP contribution in [0.3, 0.4) is 0 Å². The molecule has 1 fully saturated rings. The number of aliphatic carboxylic acids is 1. The first-order valence-electron chi connectivity index (χ1n) is 8.75. The summed E-state index contributed by atoms with van der Waals surface area (Å²) >= 11 is 2.23. The van der Waals surface area contributed by atoms with Crippen molar-refractivity contribution in [3.05, 3.63) is 32.6 Å². The van der Waals surface area contributed by atoms with E-state index in [2.05, 4.69) is 18.8 Å². The molecular weight excluding hydrogens is 390 g/mol. The van der Waals surface area contributed by atoms with Gasteiger partial charge in [0.2, 0.25) is 0 Å². The maximum atomic E-state index is 12.5. The number of ether oxygens (including phenoxy) is 1. The molecule has 150 valence electrons. The summed E-state index contributed by atoms with van der Waals surface area (Å²) in [5.41, 5.74) is 5.66. The van der Waals surface area contributed by atoms with E-state index in [1.54, 1.807) is 6.92 Å². The van der Waals surface area contributed by atoms with Crippen molar-refractivity contribution in [1.82, 2.24) is 9.88 Å². The van der Waals surface area contributed by atoms with E-state index >= 15 is 0 Å². The highest BCUT2D eigenvalue weighted by atomic mass is 32.2. The Kier molecular flexibility index (Phi) is 7.51. The fraction of sp³-hybridized carbons (Fsp3) is 0.588. The number of hydrogen-bond acceptors (Lipinski definition) is 7. The molecule has 1 aliphatic heterocycles. The van der Waals surface area contributed by atoms with Crippen molar-refractivity contribution in [3.63, 3.8) is 0 Å². The molecule has 2 heterocycles. The second-order valence-electron chi connectivity index (χ2n) is 6.36. The van der Waals surface area contributed by atoms with Crippen molar-refractivity contribution in [2.24, 2.45) is 5.73 Å². The van der Waals surface area contributed by atoms with Gasteiger partial charge in [0.1, 0.15) is 10.3 Å². The number of hydrogen-bond donors (Lipinski definition) is 3. The van der Waals surface area contributed by atoms with E-state index in [1.165, 1.54) is 16.3 Å². The van der Waals surface area contributed by atoms with Gasteiger partial charge in [-0.2, -0.15) is 0 Å². The average molecular weight is 416 g/mol. The molecule has 0 bridgehead atoms. The van der Waals surface area contributed by atoms with Gasteiger partial charge in [-0.05, 0) is 13.3 Å². The molecule has 1 amide bonds. The van der Waals surface area contributed by atoms with Crippen molar-refractivity contribution < 1.29 is 19.4 Å². The van der Waals surface area contributed by atoms with Crippen LogP contribution in [0.25, 0.3) is 0 Å². The van der Waals surface area contributed by atoms with E-state index in [1.807, 2.05) is 0 Å². The topological polar surface area (TPSA) is 124 Å². The van der Waals surface area contributed by atoms with Gasteiger partial charge in [0.05, 0.1) is 17.5 Å². The Morgan fingerprint density at radius 1 is 1.41 bits per heavy atom. The molecule has 0 aromatic carbocycles. The van der Waals surface area contributed by atoms with Gasteiger partial charge < -0.3 is 20.9 Å². The molecule has 10 heteroatoms.